The Kier molecular flexibility index (Phi) is 3.24. The first kappa shape index (κ1) is 10.9. The van der Waals surface area contributed by atoms with Crippen LogP contribution in [0.15, 0.2) is 0 Å². The third-order valence-electron chi connectivity index (χ3n) is 1.46. The number of rotatable bonds is 2. The molecule has 0 bridgehead atoms. The van der Waals surface area contributed by atoms with Crippen molar-refractivity contribution < 1.29 is 9.59 Å². The zero-order valence-electron chi connectivity index (χ0n) is 7.97. The smallest absolute Gasteiger partial charge is 0.239 e. The van der Waals surface area contributed by atoms with Gasteiger partial charge in [-0.15, -0.1) is 0 Å². The van der Waals surface area contributed by atoms with Gasteiger partial charge in [-0.3, -0.25) is 9.59 Å². The maximum absolute atomic E-state index is 11.3. The summed E-state index contributed by atoms with van der Waals surface area (Å²) in [4.78, 5) is 21.8. The van der Waals surface area contributed by atoms with E-state index in [-0.39, 0.29) is 5.91 Å². The molecule has 0 aromatic heterocycles. The van der Waals surface area contributed by atoms with Crippen molar-refractivity contribution in [3.63, 3.8) is 0 Å². The minimum Gasteiger partial charge on any atom is -0.368 e. The van der Waals surface area contributed by atoms with Gasteiger partial charge in [-0.05, 0) is 6.92 Å². The number of nitrogens with one attached hydrogen (secondary N) is 1. The van der Waals surface area contributed by atoms with Crippen LogP contribution < -0.4 is 11.1 Å². The van der Waals surface area contributed by atoms with E-state index in [2.05, 4.69) is 5.32 Å². The van der Waals surface area contributed by atoms with Crippen LogP contribution in [-0.2, 0) is 9.59 Å². The van der Waals surface area contributed by atoms with Gasteiger partial charge in [0.05, 0.1) is 0 Å². The van der Waals surface area contributed by atoms with Gasteiger partial charge in [0.15, 0.2) is 0 Å². The summed E-state index contributed by atoms with van der Waals surface area (Å²) in [6.07, 6.45) is 0. The average Bonchev–Trinajstić information content (AvgIpc) is 1.85. The topological polar surface area (TPSA) is 72.2 Å². The minimum absolute atomic E-state index is 0.172. The lowest BCUT2D eigenvalue weighted by Crippen LogP contribution is -2.46. The molecule has 0 aliphatic heterocycles. The number of nitrogens with two attached hydrogens (primary N) is 1. The maximum Gasteiger partial charge on any atom is 0.239 e. The van der Waals surface area contributed by atoms with Crippen LogP contribution in [0.3, 0.4) is 0 Å². The van der Waals surface area contributed by atoms with Crippen molar-refractivity contribution in [2.75, 3.05) is 0 Å². The molecule has 70 valence electrons. The average molecular weight is 172 g/mol. The van der Waals surface area contributed by atoms with Crippen LogP contribution in [0.1, 0.15) is 27.7 Å². The number of hydrogen-bond donors (Lipinski definition) is 2. The summed E-state index contributed by atoms with van der Waals surface area (Å²) >= 11 is 0. The molecule has 0 saturated carbocycles. The first-order chi connectivity index (χ1) is 5.25. The van der Waals surface area contributed by atoms with Crippen LogP contribution in [0.4, 0.5) is 0 Å². The molecule has 0 aromatic rings. The van der Waals surface area contributed by atoms with Gasteiger partial charge in [-0.1, -0.05) is 20.8 Å². The Labute approximate surface area is 72.5 Å². The molecule has 0 aromatic carbocycles. The van der Waals surface area contributed by atoms with Crippen LogP contribution in [0.25, 0.3) is 0 Å². The lowest BCUT2D eigenvalue weighted by molar-refractivity contribution is -0.132. The summed E-state index contributed by atoms with van der Waals surface area (Å²) in [7, 11) is 0. The predicted octanol–water partition coefficient (Wildman–Crippen LogP) is 0.0225. The summed E-state index contributed by atoms with van der Waals surface area (Å²) in [5, 5.41) is 2.51. The van der Waals surface area contributed by atoms with E-state index >= 15 is 0 Å². The van der Waals surface area contributed by atoms with Crippen LogP contribution in [-0.4, -0.2) is 17.9 Å². The highest BCUT2D eigenvalue weighted by molar-refractivity contribution is 5.88. The van der Waals surface area contributed by atoms with Crippen molar-refractivity contribution >= 4 is 11.8 Å². The second-order valence-electron chi connectivity index (χ2n) is 3.85. The van der Waals surface area contributed by atoms with Crippen molar-refractivity contribution in [2.45, 2.75) is 33.7 Å². The molecule has 0 spiro atoms. The first-order valence-corrected chi connectivity index (χ1v) is 3.85. The van der Waals surface area contributed by atoms with Crippen molar-refractivity contribution in [3.05, 3.63) is 0 Å². The van der Waals surface area contributed by atoms with Crippen LogP contribution >= 0.6 is 0 Å². The Morgan fingerprint density at radius 3 is 2.00 bits per heavy atom. The molecule has 4 heteroatoms. The van der Waals surface area contributed by atoms with Gasteiger partial charge in [0.25, 0.3) is 0 Å². The van der Waals surface area contributed by atoms with E-state index in [1.165, 1.54) is 0 Å². The lowest BCUT2D eigenvalue weighted by Gasteiger charge is -2.19. The van der Waals surface area contributed by atoms with Gasteiger partial charge in [-0.2, -0.15) is 0 Å². The van der Waals surface area contributed by atoms with Crippen molar-refractivity contribution in [2.24, 2.45) is 11.1 Å². The van der Waals surface area contributed by atoms with Gasteiger partial charge in [-0.25, -0.2) is 0 Å². The summed E-state index contributed by atoms with van der Waals surface area (Å²) < 4.78 is 0. The van der Waals surface area contributed by atoms with E-state index in [0.29, 0.717) is 0 Å². The highest BCUT2D eigenvalue weighted by Crippen LogP contribution is 2.12. The van der Waals surface area contributed by atoms with Crippen LogP contribution in [0, 0.1) is 5.41 Å². The molecule has 3 N–H and O–H groups in total. The minimum atomic E-state index is -0.600. The largest absolute Gasteiger partial charge is 0.368 e. The molecular weight excluding hydrogens is 156 g/mol. The normalized spacial score (nSPS) is 13.7. The molecule has 1 atom stereocenters. The molecule has 0 aliphatic rings. The monoisotopic (exact) mass is 172 g/mol. The molecule has 4 nitrogen and oxygen atoms in total. The lowest BCUT2D eigenvalue weighted by atomic mass is 9.95. The van der Waals surface area contributed by atoms with Gasteiger partial charge in [0.1, 0.15) is 6.04 Å². The SMILES string of the molecule is C[C@@H](NC(=O)C(C)(C)C)C(N)=O. The van der Waals surface area contributed by atoms with E-state index < -0.39 is 17.4 Å². The Bertz CT molecular complexity index is 194. The van der Waals surface area contributed by atoms with Gasteiger partial charge >= 0.3 is 0 Å². The van der Waals surface area contributed by atoms with Crippen molar-refractivity contribution in [1.82, 2.24) is 5.32 Å². The Hall–Kier alpha value is -1.06. The zero-order chi connectivity index (χ0) is 9.94. The van der Waals surface area contributed by atoms with E-state index in [9.17, 15) is 9.59 Å². The molecule has 0 aliphatic carbocycles. The summed E-state index contributed by atoms with van der Waals surface area (Å²) in [5.74, 6) is -0.693. The van der Waals surface area contributed by atoms with E-state index in [1.807, 2.05) is 0 Å². The highest BCUT2D eigenvalue weighted by Gasteiger charge is 2.23. The summed E-state index contributed by atoms with van der Waals surface area (Å²) in [6, 6.07) is -0.600. The van der Waals surface area contributed by atoms with E-state index in [0.717, 1.165) is 0 Å². The van der Waals surface area contributed by atoms with E-state index in [4.69, 9.17) is 5.73 Å². The number of hydrogen-bond acceptors (Lipinski definition) is 2. The van der Waals surface area contributed by atoms with Crippen LogP contribution in [0.5, 0.6) is 0 Å². The fourth-order valence-corrected chi connectivity index (χ4v) is 0.484. The van der Waals surface area contributed by atoms with Gasteiger partial charge < -0.3 is 11.1 Å². The number of amides is 2. The molecular formula is C8H16N2O2. The molecule has 12 heavy (non-hydrogen) atoms. The predicted molar refractivity (Wildman–Crippen MR) is 46.3 cm³/mol. The molecule has 0 saturated heterocycles. The first-order valence-electron chi connectivity index (χ1n) is 3.85. The van der Waals surface area contributed by atoms with Crippen molar-refractivity contribution in [1.29, 1.82) is 0 Å². The summed E-state index contributed by atoms with van der Waals surface area (Å²) in [6.45, 7) is 6.88. The summed E-state index contributed by atoms with van der Waals surface area (Å²) in [5.41, 5.74) is 4.49. The third-order valence-corrected chi connectivity index (χ3v) is 1.46. The maximum atomic E-state index is 11.3. The zero-order valence-corrected chi connectivity index (χ0v) is 7.97. The van der Waals surface area contributed by atoms with Crippen LogP contribution in [0.2, 0.25) is 0 Å². The Balaban J connectivity index is 4.11. The molecule has 0 unspecified atom stereocenters. The molecule has 0 fully saturated rings. The second kappa shape index (κ2) is 3.56. The Morgan fingerprint density at radius 1 is 1.33 bits per heavy atom. The number of carbonyl (C=O) groups is 2. The molecule has 0 rings (SSSR count). The molecule has 0 radical (unpaired) electrons. The fourth-order valence-electron chi connectivity index (χ4n) is 0.484. The highest BCUT2D eigenvalue weighted by atomic mass is 16.2. The number of carbonyl (C=O) groups excluding carboxylic acids is 2. The quantitative estimate of drug-likeness (QED) is 0.616. The molecule has 2 amide bonds. The second-order valence-corrected chi connectivity index (χ2v) is 3.85. The van der Waals surface area contributed by atoms with Gasteiger partial charge in [0.2, 0.25) is 11.8 Å². The van der Waals surface area contributed by atoms with E-state index in [1.54, 1.807) is 27.7 Å². The number of primary amides is 1. The Morgan fingerprint density at radius 2 is 1.75 bits per heavy atom. The van der Waals surface area contributed by atoms with Gasteiger partial charge in [0, 0.05) is 5.41 Å². The van der Waals surface area contributed by atoms with Crippen molar-refractivity contribution in [3.8, 4) is 0 Å². The third kappa shape index (κ3) is 3.37. The molecule has 0 heterocycles. The standard InChI is InChI=1S/C8H16N2O2/c1-5(6(9)11)10-7(12)8(2,3)4/h5H,1-4H3,(H2,9,11)(H,10,12)/t5-/m1/s1. The fraction of sp³-hybridized carbons (Fsp3) is 0.750.